The molecule has 0 aromatic heterocycles. The highest BCUT2D eigenvalue weighted by atomic mass is 16.4. The first-order valence-electron chi connectivity index (χ1n) is 4.35. The normalized spacial score (nSPS) is 12.2. The van der Waals surface area contributed by atoms with Crippen molar-refractivity contribution in [1.29, 1.82) is 0 Å². The van der Waals surface area contributed by atoms with Gasteiger partial charge in [0.25, 0.3) is 0 Å². The van der Waals surface area contributed by atoms with Crippen molar-refractivity contribution >= 4 is 11.9 Å². The molecule has 0 spiro atoms. The van der Waals surface area contributed by atoms with Crippen LogP contribution < -0.4 is 16.2 Å². The van der Waals surface area contributed by atoms with E-state index in [4.69, 9.17) is 0 Å². The summed E-state index contributed by atoms with van der Waals surface area (Å²) in [7, 11) is 0. The van der Waals surface area contributed by atoms with Crippen molar-refractivity contribution in [3.05, 3.63) is 0 Å². The van der Waals surface area contributed by atoms with Gasteiger partial charge in [0.2, 0.25) is 5.91 Å². The quantitative estimate of drug-likeness (QED) is 0.457. The summed E-state index contributed by atoms with van der Waals surface area (Å²) < 4.78 is 0. The summed E-state index contributed by atoms with van der Waals surface area (Å²) in [5.41, 5.74) is 3.64. The van der Waals surface area contributed by atoms with E-state index in [1.54, 1.807) is 0 Å². The maximum absolute atomic E-state index is 10.6. The van der Waals surface area contributed by atoms with E-state index in [-0.39, 0.29) is 5.91 Å². The molecule has 0 aromatic carbocycles. The van der Waals surface area contributed by atoms with Crippen molar-refractivity contribution in [3.63, 3.8) is 0 Å². The van der Waals surface area contributed by atoms with Gasteiger partial charge in [0.1, 0.15) is 0 Å². The fourth-order valence-electron chi connectivity index (χ4n) is 1.02. The molecular weight excluding hydrogens is 172 g/mol. The smallest absolute Gasteiger partial charge is 0.217 e. The molecule has 0 radical (unpaired) electrons. The summed E-state index contributed by atoms with van der Waals surface area (Å²) in [5, 5.41) is 12.8. The average molecular weight is 188 g/mol. The maximum Gasteiger partial charge on any atom is 0.217 e. The fourth-order valence-corrected chi connectivity index (χ4v) is 1.02. The monoisotopic (exact) mass is 188 g/mol. The van der Waals surface area contributed by atoms with E-state index in [2.05, 4.69) is 11.1 Å². The third kappa shape index (κ3) is 6.10. The lowest BCUT2D eigenvalue weighted by Gasteiger charge is -2.18. The van der Waals surface area contributed by atoms with Crippen LogP contribution in [0.25, 0.3) is 0 Å². The van der Waals surface area contributed by atoms with E-state index in [1.165, 1.54) is 6.92 Å². The molecule has 0 aliphatic carbocycles. The number of amides is 1. The van der Waals surface area contributed by atoms with Gasteiger partial charge in [-0.15, -0.1) is 0 Å². The Morgan fingerprint density at radius 3 is 2.46 bits per heavy atom. The molecule has 13 heavy (non-hydrogen) atoms. The van der Waals surface area contributed by atoms with E-state index >= 15 is 0 Å². The molecule has 0 rings (SSSR count). The van der Waals surface area contributed by atoms with Gasteiger partial charge in [0.15, 0.2) is 0 Å². The molecule has 1 atom stereocenters. The summed E-state index contributed by atoms with van der Waals surface area (Å²) in [5.74, 6) is -1.57. The molecule has 5 heteroatoms. The second-order valence-corrected chi connectivity index (χ2v) is 2.92. The van der Waals surface area contributed by atoms with Crippen molar-refractivity contribution in [2.24, 2.45) is 0 Å². The lowest BCUT2D eigenvalue weighted by atomic mass is 10.1. The minimum atomic E-state index is -1.22. The molecule has 0 saturated carbocycles. The van der Waals surface area contributed by atoms with Crippen LogP contribution in [0.4, 0.5) is 0 Å². The van der Waals surface area contributed by atoms with Gasteiger partial charge in [-0.2, -0.15) is 0 Å². The van der Waals surface area contributed by atoms with Crippen LogP contribution in [0.5, 0.6) is 0 Å². The van der Waals surface area contributed by atoms with E-state index in [0.717, 1.165) is 19.4 Å². The number of nitrogens with one attached hydrogen (secondary N) is 1. The van der Waals surface area contributed by atoms with Gasteiger partial charge >= 0.3 is 0 Å². The Hall–Kier alpha value is -1.10. The Bertz CT molecular complexity index is 182. The number of carbonyl (C=O) groups excluding carboxylic acids is 2. The number of carboxylic acid groups (broad SMARTS) is 1. The minimum Gasteiger partial charge on any atom is -0.548 e. The molecule has 76 valence electrons. The zero-order chi connectivity index (χ0) is 10.3. The van der Waals surface area contributed by atoms with Gasteiger partial charge in [-0.3, -0.25) is 4.79 Å². The Morgan fingerprint density at radius 2 is 2.08 bits per heavy atom. The van der Waals surface area contributed by atoms with Gasteiger partial charge < -0.3 is 21.0 Å². The fraction of sp³-hybridized carbons (Fsp3) is 0.750. The molecule has 4 N–H and O–H groups in total. The lowest BCUT2D eigenvalue weighted by Crippen LogP contribution is -2.50. The van der Waals surface area contributed by atoms with Crippen molar-refractivity contribution in [3.8, 4) is 0 Å². The van der Waals surface area contributed by atoms with Crippen LogP contribution in [0.2, 0.25) is 0 Å². The molecule has 5 nitrogen and oxygen atoms in total. The van der Waals surface area contributed by atoms with Crippen LogP contribution in [0, 0.1) is 0 Å². The number of rotatable bonds is 6. The van der Waals surface area contributed by atoms with E-state index < -0.39 is 12.0 Å². The van der Waals surface area contributed by atoms with Gasteiger partial charge in [0.05, 0.1) is 18.6 Å². The number of quaternary nitrogens is 1. The predicted molar refractivity (Wildman–Crippen MR) is 44.2 cm³/mol. The number of carbonyl (C=O) groups is 2. The molecular formula is C8H16N2O3. The third-order valence-corrected chi connectivity index (χ3v) is 1.65. The Morgan fingerprint density at radius 1 is 1.46 bits per heavy atom. The molecule has 0 aromatic rings. The molecule has 0 aliphatic heterocycles. The average Bonchev–Trinajstić information content (AvgIpc) is 2.02. The minimum absolute atomic E-state index is 0.344. The molecule has 0 fully saturated rings. The SMILES string of the molecule is CC(=O)N[C@H](CCCC[NH3+])C(=O)[O-]. The summed E-state index contributed by atoms with van der Waals surface area (Å²) in [4.78, 5) is 21.1. The van der Waals surface area contributed by atoms with Crippen molar-refractivity contribution in [2.75, 3.05) is 6.54 Å². The predicted octanol–water partition coefficient (Wildman–Crippen LogP) is -2.35. The van der Waals surface area contributed by atoms with Crippen LogP contribution in [-0.2, 0) is 9.59 Å². The first kappa shape index (κ1) is 11.9. The van der Waals surface area contributed by atoms with Gasteiger partial charge in [0, 0.05) is 6.92 Å². The van der Waals surface area contributed by atoms with Gasteiger partial charge in [-0.05, 0) is 19.3 Å². The second-order valence-electron chi connectivity index (χ2n) is 2.92. The Labute approximate surface area is 77.3 Å². The molecule has 0 aliphatic rings. The van der Waals surface area contributed by atoms with Gasteiger partial charge in [-0.25, -0.2) is 0 Å². The van der Waals surface area contributed by atoms with Crippen molar-refractivity contribution in [1.82, 2.24) is 5.32 Å². The summed E-state index contributed by atoms with van der Waals surface area (Å²) >= 11 is 0. The van der Waals surface area contributed by atoms with Crippen LogP contribution in [0.15, 0.2) is 0 Å². The van der Waals surface area contributed by atoms with Crippen LogP contribution in [0.1, 0.15) is 26.2 Å². The summed E-state index contributed by atoms with van der Waals surface area (Å²) in [6.45, 7) is 2.07. The summed E-state index contributed by atoms with van der Waals surface area (Å²) in [6, 6.07) is -0.857. The molecule has 1 amide bonds. The molecule has 0 bridgehead atoms. The molecule has 0 saturated heterocycles. The first-order valence-corrected chi connectivity index (χ1v) is 4.35. The van der Waals surface area contributed by atoms with Crippen molar-refractivity contribution in [2.45, 2.75) is 32.2 Å². The number of hydrogen-bond donors (Lipinski definition) is 2. The molecule has 0 unspecified atom stereocenters. The zero-order valence-electron chi connectivity index (χ0n) is 7.84. The number of aliphatic carboxylic acids is 1. The van der Waals surface area contributed by atoms with Crippen LogP contribution in [0.3, 0.4) is 0 Å². The lowest BCUT2D eigenvalue weighted by molar-refractivity contribution is -0.368. The van der Waals surface area contributed by atoms with Crippen LogP contribution in [-0.4, -0.2) is 24.5 Å². The number of unbranched alkanes of at least 4 members (excludes halogenated alkanes) is 1. The van der Waals surface area contributed by atoms with Gasteiger partial charge in [-0.1, -0.05) is 0 Å². The number of carboxylic acids is 1. The Balaban J connectivity index is 3.81. The van der Waals surface area contributed by atoms with Crippen molar-refractivity contribution < 1.29 is 20.4 Å². The highest BCUT2D eigenvalue weighted by molar-refractivity contribution is 5.80. The second kappa shape index (κ2) is 6.42. The summed E-state index contributed by atoms with van der Waals surface area (Å²) in [6.07, 6.45) is 2.02. The van der Waals surface area contributed by atoms with E-state index in [1.807, 2.05) is 0 Å². The third-order valence-electron chi connectivity index (χ3n) is 1.65. The topological polar surface area (TPSA) is 96.9 Å². The zero-order valence-corrected chi connectivity index (χ0v) is 7.84. The highest BCUT2D eigenvalue weighted by Gasteiger charge is 2.09. The number of hydrogen-bond acceptors (Lipinski definition) is 3. The maximum atomic E-state index is 10.6. The van der Waals surface area contributed by atoms with E-state index in [0.29, 0.717) is 6.42 Å². The first-order chi connectivity index (χ1) is 6.07. The highest BCUT2D eigenvalue weighted by Crippen LogP contribution is 1.98. The largest absolute Gasteiger partial charge is 0.548 e. The van der Waals surface area contributed by atoms with E-state index in [9.17, 15) is 14.7 Å². The molecule has 0 heterocycles. The Kier molecular flexibility index (Phi) is 5.88. The standard InChI is InChI=1S/C8H16N2O3/c1-6(11)10-7(8(12)13)4-2-3-5-9/h7H,2-5,9H2,1H3,(H,10,11)(H,12,13)/t7-/m1/s1. The van der Waals surface area contributed by atoms with Crippen LogP contribution >= 0.6 is 0 Å².